The summed E-state index contributed by atoms with van der Waals surface area (Å²) in [4.78, 5) is 10.7. The molecule has 0 aliphatic carbocycles. The van der Waals surface area contributed by atoms with Gasteiger partial charge < -0.3 is 14.0 Å². The Bertz CT molecular complexity index is 683. The molecule has 13 heteroatoms. The molecule has 0 radical (unpaired) electrons. The smallest absolute Gasteiger partial charge is 0.433 e. The summed E-state index contributed by atoms with van der Waals surface area (Å²) >= 11 is 0. The lowest BCUT2D eigenvalue weighted by Crippen LogP contribution is -2.57. The monoisotopic (exact) mass is 396 g/mol. The first-order valence-electron chi connectivity index (χ1n) is 6.23. The fourth-order valence-corrected chi connectivity index (χ4v) is 2.29. The van der Waals surface area contributed by atoms with E-state index in [1.165, 1.54) is 18.2 Å². The number of hydrogen-bond donors (Lipinski definition) is 1. The first-order valence-corrected chi connectivity index (χ1v) is 7.64. The molecule has 1 aromatic carbocycles. The van der Waals surface area contributed by atoms with Crippen LogP contribution in [-0.4, -0.2) is 44.2 Å². The zero-order valence-corrected chi connectivity index (χ0v) is 12.8. The molecule has 0 spiro atoms. The average molecular weight is 396 g/mol. The molecule has 0 saturated carbocycles. The van der Waals surface area contributed by atoms with E-state index in [1.807, 2.05) is 0 Å². The molecule has 1 aromatic rings. The molecule has 0 atom stereocenters. The lowest BCUT2D eigenvalue weighted by molar-refractivity contribution is -0.371. The van der Waals surface area contributed by atoms with Crippen molar-refractivity contribution in [1.29, 1.82) is 0 Å². The molecule has 0 heterocycles. The SMILES string of the molecule is O=C(OCCC(O)(C(F)(F)F)C(F)(F)F)OS(=O)(=O)c1ccccc1. The van der Waals surface area contributed by atoms with E-state index in [1.54, 1.807) is 0 Å². The molecule has 142 valence electrons. The van der Waals surface area contributed by atoms with Gasteiger partial charge in [0.15, 0.2) is 0 Å². The minimum absolute atomic E-state index is 0.492. The lowest BCUT2D eigenvalue weighted by atomic mass is 9.99. The van der Waals surface area contributed by atoms with Crippen LogP contribution in [0.1, 0.15) is 6.42 Å². The van der Waals surface area contributed by atoms with Gasteiger partial charge in [-0.1, -0.05) is 18.2 Å². The number of rotatable bonds is 5. The van der Waals surface area contributed by atoms with Crippen LogP contribution in [0.25, 0.3) is 0 Å². The predicted molar refractivity (Wildman–Crippen MR) is 67.7 cm³/mol. The second kappa shape index (κ2) is 7.07. The van der Waals surface area contributed by atoms with Crippen LogP contribution in [0.4, 0.5) is 31.1 Å². The Balaban J connectivity index is 2.71. The van der Waals surface area contributed by atoms with Crippen LogP contribution in [0.5, 0.6) is 0 Å². The largest absolute Gasteiger partial charge is 0.524 e. The number of carbonyl (C=O) groups is 1. The minimum atomic E-state index is -6.09. The van der Waals surface area contributed by atoms with Crippen molar-refractivity contribution >= 4 is 16.3 Å². The topological polar surface area (TPSA) is 89.9 Å². The highest BCUT2D eigenvalue weighted by atomic mass is 32.2. The minimum Gasteiger partial charge on any atom is -0.433 e. The maximum atomic E-state index is 12.4. The maximum Gasteiger partial charge on any atom is 0.524 e. The van der Waals surface area contributed by atoms with Gasteiger partial charge >= 0.3 is 28.6 Å². The summed E-state index contributed by atoms with van der Waals surface area (Å²) in [5.74, 6) is 0. The fourth-order valence-electron chi connectivity index (χ4n) is 1.48. The fraction of sp³-hybridized carbons (Fsp3) is 0.417. The molecule has 25 heavy (non-hydrogen) atoms. The van der Waals surface area contributed by atoms with Gasteiger partial charge in [0.05, 0.1) is 6.61 Å². The molecule has 0 unspecified atom stereocenters. The third kappa shape index (κ3) is 4.98. The van der Waals surface area contributed by atoms with E-state index in [0.717, 1.165) is 12.1 Å². The zero-order valence-electron chi connectivity index (χ0n) is 12.0. The van der Waals surface area contributed by atoms with Crippen molar-refractivity contribution in [3.8, 4) is 0 Å². The third-order valence-corrected chi connectivity index (χ3v) is 4.04. The Kier molecular flexibility index (Phi) is 5.95. The van der Waals surface area contributed by atoms with E-state index < -0.39 is 52.2 Å². The Morgan fingerprint density at radius 1 is 1.00 bits per heavy atom. The van der Waals surface area contributed by atoms with Gasteiger partial charge in [-0.25, -0.2) is 4.79 Å². The van der Waals surface area contributed by atoms with Crippen LogP contribution < -0.4 is 0 Å². The molecular formula is C12H10F6O6S. The zero-order chi connectivity index (χ0) is 19.5. The molecule has 0 aliphatic heterocycles. The summed E-state index contributed by atoms with van der Waals surface area (Å²) in [7, 11) is -4.66. The summed E-state index contributed by atoms with van der Waals surface area (Å²) in [5, 5.41) is 8.81. The number of ether oxygens (including phenoxy) is 1. The summed E-state index contributed by atoms with van der Waals surface area (Å²) in [6, 6.07) is 6.03. The Morgan fingerprint density at radius 2 is 1.48 bits per heavy atom. The van der Waals surface area contributed by atoms with E-state index in [0.29, 0.717) is 0 Å². The van der Waals surface area contributed by atoms with Crippen LogP contribution >= 0.6 is 0 Å². The van der Waals surface area contributed by atoms with Crippen molar-refractivity contribution in [2.75, 3.05) is 6.61 Å². The van der Waals surface area contributed by atoms with E-state index in [-0.39, 0.29) is 0 Å². The molecule has 6 nitrogen and oxygen atoms in total. The van der Waals surface area contributed by atoms with Gasteiger partial charge in [0.1, 0.15) is 4.90 Å². The maximum absolute atomic E-state index is 12.4. The molecule has 0 aromatic heterocycles. The molecular weight excluding hydrogens is 386 g/mol. The van der Waals surface area contributed by atoms with Gasteiger partial charge in [0, 0.05) is 6.42 Å². The van der Waals surface area contributed by atoms with Crippen molar-refractivity contribution < 1.29 is 53.6 Å². The van der Waals surface area contributed by atoms with Gasteiger partial charge in [-0.15, -0.1) is 0 Å². The lowest BCUT2D eigenvalue weighted by Gasteiger charge is -2.31. The van der Waals surface area contributed by atoms with Crippen molar-refractivity contribution in [3.63, 3.8) is 0 Å². The molecule has 0 saturated heterocycles. The summed E-state index contributed by atoms with van der Waals surface area (Å²) in [6.45, 7) is -1.60. The molecule has 0 aliphatic rings. The molecule has 0 amide bonds. The molecule has 0 fully saturated rings. The van der Waals surface area contributed by atoms with Crippen molar-refractivity contribution in [2.24, 2.45) is 0 Å². The van der Waals surface area contributed by atoms with Gasteiger partial charge in [0.25, 0.3) is 5.60 Å². The average Bonchev–Trinajstić information content (AvgIpc) is 2.45. The van der Waals surface area contributed by atoms with Gasteiger partial charge in [-0.2, -0.15) is 34.8 Å². The third-order valence-electron chi connectivity index (χ3n) is 2.83. The summed E-state index contributed by atoms with van der Waals surface area (Å²) in [6.07, 6.45) is -16.3. The highest BCUT2D eigenvalue weighted by Gasteiger charge is 2.70. The summed E-state index contributed by atoms with van der Waals surface area (Å²) < 4.78 is 105. The van der Waals surface area contributed by atoms with Gasteiger partial charge in [-0.05, 0) is 12.1 Å². The molecule has 1 rings (SSSR count). The van der Waals surface area contributed by atoms with E-state index in [9.17, 15) is 39.6 Å². The van der Waals surface area contributed by atoms with Crippen LogP contribution in [0, 0.1) is 0 Å². The number of alkyl halides is 6. The standard InChI is InChI=1S/C12H10F6O6S/c13-11(14,15)10(20,12(16,17)18)6-7-23-9(19)24-25(21,22)8-4-2-1-3-5-8/h1-5,20H,6-7H2. The Hall–Kier alpha value is -2.02. The van der Waals surface area contributed by atoms with Crippen molar-refractivity contribution in [1.82, 2.24) is 0 Å². The molecule has 0 bridgehead atoms. The number of carbonyl (C=O) groups excluding carboxylic acids is 1. The van der Waals surface area contributed by atoms with Crippen LogP contribution in [0.15, 0.2) is 35.2 Å². The van der Waals surface area contributed by atoms with Gasteiger partial charge in [0.2, 0.25) is 0 Å². The molecule has 1 N–H and O–H groups in total. The van der Waals surface area contributed by atoms with E-state index >= 15 is 0 Å². The number of hydrogen-bond acceptors (Lipinski definition) is 6. The van der Waals surface area contributed by atoms with Crippen molar-refractivity contribution in [2.45, 2.75) is 29.3 Å². The highest BCUT2D eigenvalue weighted by molar-refractivity contribution is 7.87. The normalized spacial score (nSPS) is 13.4. The highest BCUT2D eigenvalue weighted by Crippen LogP contribution is 2.45. The summed E-state index contributed by atoms with van der Waals surface area (Å²) in [5.41, 5.74) is -5.13. The van der Waals surface area contributed by atoms with Crippen molar-refractivity contribution in [3.05, 3.63) is 30.3 Å². The van der Waals surface area contributed by atoms with E-state index in [4.69, 9.17) is 5.11 Å². The first-order chi connectivity index (χ1) is 11.2. The first kappa shape index (κ1) is 21.0. The quantitative estimate of drug-likeness (QED) is 0.468. The van der Waals surface area contributed by atoms with Crippen LogP contribution in [0.2, 0.25) is 0 Å². The van der Waals surface area contributed by atoms with Gasteiger partial charge in [-0.3, -0.25) is 0 Å². The second-order valence-electron chi connectivity index (χ2n) is 4.55. The van der Waals surface area contributed by atoms with Crippen LogP contribution in [-0.2, 0) is 19.0 Å². The second-order valence-corrected chi connectivity index (χ2v) is 6.10. The number of benzene rings is 1. The Morgan fingerprint density at radius 3 is 1.92 bits per heavy atom. The van der Waals surface area contributed by atoms with Crippen LogP contribution in [0.3, 0.4) is 0 Å². The van der Waals surface area contributed by atoms with E-state index in [2.05, 4.69) is 8.92 Å². The Labute approximate surface area is 137 Å². The number of aliphatic hydroxyl groups is 1. The predicted octanol–water partition coefficient (Wildman–Crippen LogP) is 2.77. The number of halogens is 6.